The summed E-state index contributed by atoms with van der Waals surface area (Å²) in [5.74, 6) is 0.0545. The van der Waals surface area contributed by atoms with Crippen LogP contribution >= 0.6 is 0 Å². The summed E-state index contributed by atoms with van der Waals surface area (Å²) >= 11 is 0. The first-order valence-electron chi connectivity index (χ1n) is 5.81. The Hall–Kier alpha value is -0.650. The van der Waals surface area contributed by atoms with Gasteiger partial charge in [0, 0.05) is 19.7 Å². The summed E-state index contributed by atoms with van der Waals surface area (Å²) in [7, 11) is 3.62. The van der Waals surface area contributed by atoms with Crippen LogP contribution < -0.4 is 11.1 Å². The molecule has 96 valence electrons. The molecule has 0 saturated carbocycles. The third-order valence-corrected chi connectivity index (χ3v) is 2.49. The lowest BCUT2D eigenvalue weighted by atomic mass is 10.1. The topological polar surface area (TPSA) is 67.6 Å². The molecule has 3 N–H and O–H groups in total. The van der Waals surface area contributed by atoms with Crippen LogP contribution in [0.2, 0.25) is 0 Å². The van der Waals surface area contributed by atoms with Gasteiger partial charge in [-0.15, -0.1) is 0 Å². The average molecular weight is 231 g/mol. The first-order chi connectivity index (χ1) is 7.65. The molecule has 0 aromatic carbocycles. The zero-order valence-corrected chi connectivity index (χ0v) is 10.7. The van der Waals surface area contributed by atoms with Crippen molar-refractivity contribution in [2.75, 3.05) is 40.4 Å². The quantitative estimate of drug-likeness (QED) is 0.577. The van der Waals surface area contributed by atoms with Crippen molar-refractivity contribution in [1.82, 2.24) is 10.2 Å². The molecular formula is C11H25N3O2. The van der Waals surface area contributed by atoms with Crippen molar-refractivity contribution in [3.8, 4) is 0 Å². The summed E-state index contributed by atoms with van der Waals surface area (Å²) < 4.78 is 5.15. The van der Waals surface area contributed by atoms with E-state index in [1.54, 1.807) is 7.11 Å². The van der Waals surface area contributed by atoms with E-state index in [-0.39, 0.29) is 11.9 Å². The van der Waals surface area contributed by atoms with E-state index in [1.807, 2.05) is 18.9 Å². The lowest BCUT2D eigenvalue weighted by molar-refractivity contribution is -0.122. The van der Waals surface area contributed by atoms with Crippen LogP contribution in [0.1, 0.15) is 19.8 Å². The molecule has 0 saturated heterocycles. The second-order valence-corrected chi connectivity index (χ2v) is 3.91. The molecule has 1 amide bonds. The fourth-order valence-electron chi connectivity index (χ4n) is 1.59. The normalized spacial score (nSPS) is 12.8. The highest BCUT2D eigenvalue weighted by Gasteiger charge is 2.16. The van der Waals surface area contributed by atoms with Gasteiger partial charge in [-0.1, -0.05) is 0 Å². The Labute approximate surface area is 98.3 Å². The minimum absolute atomic E-state index is 0.0545. The molecule has 0 aliphatic rings. The second-order valence-electron chi connectivity index (χ2n) is 3.91. The molecule has 0 aliphatic carbocycles. The van der Waals surface area contributed by atoms with E-state index in [0.717, 1.165) is 12.8 Å². The van der Waals surface area contributed by atoms with Gasteiger partial charge in [0.1, 0.15) is 0 Å². The van der Waals surface area contributed by atoms with Crippen LogP contribution in [0.4, 0.5) is 0 Å². The molecule has 1 unspecified atom stereocenters. The summed E-state index contributed by atoms with van der Waals surface area (Å²) in [5.41, 5.74) is 5.48. The molecule has 0 aromatic heterocycles. The van der Waals surface area contributed by atoms with Gasteiger partial charge in [-0.05, 0) is 33.4 Å². The Balaban J connectivity index is 4.03. The number of hydrogen-bond acceptors (Lipinski definition) is 4. The van der Waals surface area contributed by atoms with Gasteiger partial charge in [0.15, 0.2) is 0 Å². The fraction of sp³-hybridized carbons (Fsp3) is 0.909. The number of amides is 1. The van der Waals surface area contributed by atoms with Crippen LogP contribution in [0.3, 0.4) is 0 Å². The maximum Gasteiger partial charge on any atom is 0.234 e. The number of ether oxygens (including phenoxy) is 1. The van der Waals surface area contributed by atoms with Crippen LogP contribution in [0.15, 0.2) is 0 Å². The Kier molecular flexibility index (Phi) is 9.18. The summed E-state index contributed by atoms with van der Waals surface area (Å²) in [5, 5.41) is 2.78. The van der Waals surface area contributed by atoms with Crippen molar-refractivity contribution >= 4 is 5.91 Å². The largest absolute Gasteiger partial charge is 0.383 e. The van der Waals surface area contributed by atoms with Gasteiger partial charge >= 0.3 is 0 Å². The van der Waals surface area contributed by atoms with Gasteiger partial charge in [0.25, 0.3) is 0 Å². The Morgan fingerprint density at radius 1 is 1.56 bits per heavy atom. The highest BCUT2D eigenvalue weighted by molar-refractivity contribution is 5.77. The molecule has 0 spiro atoms. The Bertz CT molecular complexity index is 188. The van der Waals surface area contributed by atoms with Crippen molar-refractivity contribution in [3.05, 3.63) is 0 Å². The smallest absolute Gasteiger partial charge is 0.234 e. The fourth-order valence-corrected chi connectivity index (χ4v) is 1.59. The summed E-state index contributed by atoms with van der Waals surface area (Å²) in [6.07, 6.45) is 1.91. The molecule has 0 bridgehead atoms. The van der Waals surface area contributed by atoms with Crippen LogP contribution in [0.5, 0.6) is 0 Å². The minimum atomic E-state index is 0.0545. The van der Waals surface area contributed by atoms with Gasteiger partial charge in [-0.3, -0.25) is 9.69 Å². The third-order valence-electron chi connectivity index (χ3n) is 2.49. The first kappa shape index (κ1) is 15.3. The van der Waals surface area contributed by atoms with Gasteiger partial charge in [0.05, 0.1) is 13.2 Å². The number of rotatable bonds is 9. The molecular weight excluding hydrogens is 206 g/mol. The predicted molar refractivity (Wildman–Crippen MR) is 65.3 cm³/mol. The van der Waals surface area contributed by atoms with E-state index < -0.39 is 0 Å². The lowest BCUT2D eigenvalue weighted by Crippen LogP contribution is -2.42. The number of carbonyl (C=O) groups is 1. The predicted octanol–water partition coefficient (Wildman–Crippen LogP) is -0.192. The van der Waals surface area contributed by atoms with Crippen LogP contribution in [0.25, 0.3) is 0 Å². The van der Waals surface area contributed by atoms with Crippen LogP contribution in [0, 0.1) is 0 Å². The monoisotopic (exact) mass is 231 g/mol. The molecule has 5 nitrogen and oxygen atoms in total. The standard InChI is InChI=1S/C11H25N3O2/c1-4-13-11(15)8-14(2)10(9-16-3)6-5-7-12/h10H,4-9,12H2,1-3H3,(H,13,15). The summed E-state index contributed by atoms with van der Waals surface area (Å²) in [4.78, 5) is 13.4. The lowest BCUT2D eigenvalue weighted by Gasteiger charge is -2.26. The van der Waals surface area contributed by atoms with Crippen molar-refractivity contribution < 1.29 is 9.53 Å². The zero-order chi connectivity index (χ0) is 12.4. The Morgan fingerprint density at radius 2 is 2.25 bits per heavy atom. The molecule has 0 aromatic rings. The van der Waals surface area contributed by atoms with Crippen LogP contribution in [-0.4, -0.2) is 57.2 Å². The number of hydrogen-bond donors (Lipinski definition) is 2. The van der Waals surface area contributed by atoms with Crippen molar-refractivity contribution in [3.63, 3.8) is 0 Å². The van der Waals surface area contributed by atoms with Gasteiger partial charge in [-0.2, -0.15) is 0 Å². The number of carbonyl (C=O) groups excluding carboxylic acids is 1. The van der Waals surface area contributed by atoms with E-state index in [0.29, 0.717) is 26.2 Å². The zero-order valence-electron chi connectivity index (χ0n) is 10.7. The van der Waals surface area contributed by atoms with Gasteiger partial charge in [0.2, 0.25) is 5.91 Å². The number of nitrogens with zero attached hydrogens (tertiary/aromatic N) is 1. The first-order valence-corrected chi connectivity index (χ1v) is 5.81. The van der Waals surface area contributed by atoms with Crippen molar-refractivity contribution in [1.29, 1.82) is 0 Å². The molecule has 0 radical (unpaired) electrons. The third kappa shape index (κ3) is 6.76. The molecule has 5 heteroatoms. The maximum absolute atomic E-state index is 11.4. The second kappa shape index (κ2) is 9.57. The molecule has 0 rings (SSSR count). The SMILES string of the molecule is CCNC(=O)CN(C)C(CCCN)COC. The molecule has 0 heterocycles. The van der Waals surface area contributed by atoms with Crippen molar-refractivity contribution in [2.45, 2.75) is 25.8 Å². The van der Waals surface area contributed by atoms with E-state index in [2.05, 4.69) is 5.32 Å². The summed E-state index contributed by atoms with van der Waals surface area (Å²) in [6, 6.07) is 0.260. The molecule has 16 heavy (non-hydrogen) atoms. The van der Waals surface area contributed by atoms with E-state index in [9.17, 15) is 4.79 Å². The highest BCUT2D eigenvalue weighted by Crippen LogP contribution is 2.04. The molecule has 0 fully saturated rings. The van der Waals surface area contributed by atoms with E-state index >= 15 is 0 Å². The highest BCUT2D eigenvalue weighted by atomic mass is 16.5. The number of nitrogens with one attached hydrogen (secondary N) is 1. The maximum atomic E-state index is 11.4. The number of likely N-dealkylation sites (N-methyl/N-ethyl adjacent to an activating group) is 2. The van der Waals surface area contributed by atoms with E-state index in [4.69, 9.17) is 10.5 Å². The molecule has 1 atom stereocenters. The van der Waals surface area contributed by atoms with Crippen LogP contribution in [-0.2, 0) is 9.53 Å². The molecule has 0 aliphatic heterocycles. The summed E-state index contributed by atoms with van der Waals surface area (Å²) in [6.45, 7) is 4.31. The van der Waals surface area contributed by atoms with Crippen molar-refractivity contribution in [2.24, 2.45) is 5.73 Å². The Morgan fingerprint density at radius 3 is 2.75 bits per heavy atom. The van der Waals surface area contributed by atoms with Gasteiger partial charge in [-0.25, -0.2) is 0 Å². The number of nitrogens with two attached hydrogens (primary N) is 1. The van der Waals surface area contributed by atoms with Gasteiger partial charge < -0.3 is 15.8 Å². The number of methoxy groups -OCH3 is 1. The minimum Gasteiger partial charge on any atom is -0.383 e. The average Bonchev–Trinajstić information content (AvgIpc) is 2.24. The van der Waals surface area contributed by atoms with E-state index in [1.165, 1.54) is 0 Å².